The van der Waals surface area contributed by atoms with E-state index in [4.69, 9.17) is 0 Å². The lowest BCUT2D eigenvalue weighted by Gasteiger charge is -2.13. The minimum Gasteiger partial charge on any atom is -0.466 e. The molecule has 0 aromatic heterocycles. The van der Waals surface area contributed by atoms with E-state index < -0.39 is 28.0 Å². The maximum atomic E-state index is 13.1. The SMILES string of the molecule is CCOC(=O)Cc1ccc(F)c(C(F)(F)F)c1Br. The number of halogens is 5. The third kappa shape index (κ3) is 3.44. The van der Waals surface area contributed by atoms with E-state index in [1.165, 1.54) is 0 Å². The van der Waals surface area contributed by atoms with Crippen LogP contribution in [-0.2, 0) is 22.1 Å². The Kier molecular flexibility index (Phi) is 4.72. The van der Waals surface area contributed by atoms with Crippen LogP contribution in [0.4, 0.5) is 17.6 Å². The van der Waals surface area contributed by atoms with E-state index in [1.54, 1.807) is 6.92 Å². The molecule has 0 N–H and O–H groups in total. The highest BCUT2D eigenvalue weighted by Crippen LogP contribution is 2.38. The minimum atomic E-state index is -4.83. The van der Waals surface area contributed by atoms with Crippen LogP contribution in [0.15, 0.2) is 16.6 Å². The molecule has 18 heavy (non-hydrogen) atoms. The number of carbonyl (C=O) groups excluding carboxylic acids is 1. The number of benzene rings is 1. The van der Waals surface area contributed by atoms with Gasteiger partial charge in [0.25, 0.3) is 0 Å². The second-order valence-electron chi connectivity index (χ2n) is 3.38. The van der Waals surface area contributed by atoms with Crippen LogP contribution in [0.1, 0.15) is 18.1 Å². The molecule has 2 nitrogen and oxygen atoms in total. The van der Waals surface area contributed by atoms with Gasteiger partial charge in [0.1, 0.15) is 11.4 Å². The monoisotopic (exact) mass is 328 g/mol. The van der Waals surface area contributed by atoms with Gasteiger partial charge in [0.15, 0.2) is 0 Å². The van der Waals surface area contributed by atoms with Crippen molar-refractivity contribution in [1.29, 1.82) is 0 Å². The molecule has 0 saturated carbocycles. The van der Waals surface area contributed by atoms with Gasteiger partial charge in [-0.2, -0.15) is 13.2 Å². The van der Waals surface area contributed by atoms with Crippen molar-refractivity contribution >= 4 is 21.9 Å². The summed E-state index contributed by atoms with van der Waals surface area (Å²) in [6, 6.07) is 1.80. The standard InChI is InChI=1S/C11H9BrF4O2/c1-2-18-8(17)5-6-3-4-7(13)9(10(6)12)11(14,15)16/h3-4H,2,5H2,1H3. The van der Waals surface area contributed by atoms with Crippen molar-refractivity contribution < 1.29 is 27.1 Å². The third-order valence-electron chi connectivity index (χ3n) is 2.09. The van der Waals surface area contributed by atoms with Gasteiger partial charge in [-0.3, -0.25) is 4.79 Å². The lowest BCUT2D eigenvalue weighted by molar-refractivity contribution is -0.143. The third-order valence-corrected chi connectivity index (χ3v) is 3.00. The summed E-state index contributed by atoms with van der Waals surface area (Å²) in [6.45, 7) is 1.71. The number of ether oxygens (including phenoxy) is 1. The number of rotatable bonds is 3. The van der Waals surface area contributed by atoms with E-state index in [9.17, 15) is 22.4 Å². The molecule has 0 aliphatic carbocycles. The Bertz CT molecular complexity index is 457. The molecule has 7 heteroatoms. The second-order valence-corrected chi connectivity index (χ2v) is 4.17. The van der Waals surface area contributed by atoms with Crippen LogP contribution >= 0.6 is 15.9 Å². The van der Waals surface area contributed by atoms with Crippen LogP contribution in [0.5, 0.6) is 0 Å². The van der Waals surface area contributed by atoms with Gasteiger partial charge >= 0.3 is 12.1 Å². The summed E-state index contributed by atoms with van der Waals surface area (Å²) >= 11 is 2.68. The van der Waals surface area contributed by atoms with Gasteiger partial charge in [0.05, 0.1) is 13.0 Å². The molecule has 0 saturated heterocycles. The molecule has 0 fully saturated rings. The Balaban J connectivity index is 3.13. The molecule has 0 spiro atoms. The normalized spacial score (nSPS) is 11.4. The lowest BCUT2D eigenvalue weighted by atomic mass is 10.1. The van der Waals surface area contributed by atoms with Crippen molar-refractivity contribution in [2.75, 3.05) is 6.61 Å². The van der Waals surface area contributed by atoms with Crippen molar-refractivity contribution in [2.45, 2.75) is 19.5 Å². The van der Waals surface area contributed by atoms with Crippen molar-refractivity contribution in [3.8, 4) is 0 Å². The van der Waals surface area contributed by atoms with Crippen LogP contribution in [-0.4, -0.2) is 12.6 Å². The summed E-state index contributed by atoms with van der Waals surface area (Å²) in [7, 11) is 0. The summed E-state index contributed by atoms with van der Waals surface area (Å²) in [6.07, 6.45) is -5.18. The molecule has 0 unspecified atom stereocenters. The van der Waals surface area contributed by atoms with Gasteiger partial charge in [-0.15, -0.1) is 0 Å². The van der Waals surface area contributed by atoms with E-state index >= 15 is 0 Å². The Hall–Kier alpha value is -1.11. The Morgan fingerprint density at radius 2 is 2.00 bits per heavy atom. The molecule has 0 amide bonds. The van der Waals surface area contributed by atoms with Gasteiger partial charge in [-0.05, 0) is 34.5 Å². The molecule has 0 bridgehead atoms. The van der Waals surface area contributed by atoms with Gasteiger partial charge in [-0.1, -0.05) is 6.07 Å². The predicted octanol–water partition coefficient (Wildman–Crippen LogP) is 3.71. The molecule has 1 rings (SSSR count). The van der Waals surface area contributed by atoms with Crippen LogP contribution in [0, 0.1) is 5.82 Å². The average molecular weight is 329 g/mol. The number of hydrogen-bond donors (Lipinski definition) is 0. The zero-order chi connectivity index (χ0) is 13.9. The molecule has 0 heterocycles. The van der Waals surface area contributed by atoms with E-state index in [0.717, 1.165) is 6.07 Å². The predicted molar refractivity (Wildman–Crippen MR) is 59.4 cm³/mol. The zero-order valence-corrected chi connectivity index (χ0v) is 10.9. The molecule has 0 aliphatic heterocycles. The molecule has 1 aromatic rings. The largest absolute Gasteiger partial charge is 0.466 e. The highest BCUT2D eigenvalue weighted by atomic mass is 79.9. The molecule has 100 valence electrons. The second kappa shape index (κ2) is 5.69. The Morgan fingerprint density at radius 1 is 1.39 bits per heavy atom. The Labute approximate surface area is 109 Å². The highest BCUT2D eigenvalue weighted by Gasteiger charge is 2.37. The minimum absolute atomic E-state index is 0.0298. The molecule has 0 radical (unpaired) electrons. The fourth-order valence-electron chi connectivity index (χ4n) is 1.36. The first-order chi connectivity index (χ1) is 8.27. The van der Waals surface area contributed by atoms with Crippen molar-refractivity contribution in [3.05, 3.63) is 33.5 Å². The van der Waals surface area contributed by atoms with Gasteiger partial charge < -0.3 is 4.74 Å². The van der Waals surface area contributed by atoms with Crippen molar-refractivity contribution in [1.82, 2.24) is 0 Å². The first-order valence-electron chi connectivity index (χ1n) is 4.97. The average Bonchev–Trinajstić information content (AvgIpc) is 2.21. The maximum Gasteiger partial charge on any atom is 0.420 e. The van der Waals surface area contributed by atoms with E-state index in [-0.39, 0.29) is 18.6 Å². The van der Waals surface area contributed by atoms with Crippen molar-refractivity contribution in [3.63, 3.8) is 0 Å². The molecular formula is C11H9BrF4O2. The molecular weight excluding hydrogens is 320 g/mol. The van der Waals surface area contributed by atoms with Gasteiger partial charge in [-0.25, -0.2) is 4.39 Å². The Morgan fingerprint density at radius 3 is 2.50 bits per heavy atom. The first-order valence-corrected chi connectivity index (χ1v) is 5.76. The number of carbonyl (C=O) groups is 1. The van der Waals surface area contributed by atoms with E-state index in [1.807, 2.05) is 0 Å². The maximum absolute atomic E-state index is 13.1. The summed E-state index contributed by atoms with van der Waals surface area (Å²) in [5, 5.41) is 0. The van der Waals surface area contributed by atoms with Crippen LogP contribution in [0.25, 0.3) is 0 Å². The number of hydrogen-bond acceptors (Lipinski definition) is 2. The summed E-state index contributed by atoms with van der Waals surface area (Å²) in [5.41, 5.74) is -1.38. The van der Waals surface area contributed by atoms with Gasteiger partial charge in [0, 0.05) is 4.47 Å². The highest BCUT2D eigenvalue weighted by molar-refractivity contribution is 9.10. The van der Waals surface area contributed by atoms with Crippen molar-refractivity contribution in [2.24, 2.45) is 0 Å². The lowest BCUT2D eigenvalue weighted by Crippen LogP contribution is -2.13. The number of alkyl halides is 3. The zero-order valence-electron chi connectivity index (χ0n) is 9.28. The summed E-state index contributed by atoms with van der Waals surface area (Å²) in [4.78, 5) is 11.2. The fraction of sp³-hybridized carbons (Fsp3) is 0.364. The summed E-state index contributed by atoms with van der Waals surface area (Å²) in [5.74, 6) is -2.06. The molecule has 1 aromatic carbocycles. The topological polar surface area (TPSA) is 26.3 Å². The number of esters is 1. The fourth-order valence-corrected chi connectivity index (χ4v) is 2.05. The van der Waals surface area contributed by atoms with E-state index in [0.29, 0.717) is 6.07 Å². The van der Waals surface area contributed by atoms with Crippen LogP contribution < -0.4 is 0 Å². The van der Waals surface area contributed by atoms with Gasteiger partial charge in [0.2, 0.25) is 0 Å². The quantitative estimate of drug-likeness (QED) is 0.624. The molecule has 0 atom stereocenters. The smallest absolute Gasteiger partial charge is 0.420 e. The first kappa shape index (κ1) is 14.9. The van der Waals surface area contributed by atoms with Crippen LogP contribution in [0.2, 0.25) is 0 Å². The van der Waals surface area contributed by atoms with E-state index in [2.05, 4.69) is 20.7 Å². The summed E-state index contributed by atoms with van der Waals surface area (Å²) < 4.78 is 55.1. The van der Waals surface area contributed by atoms with Crippen LogP contribution in [0.3, 0.4) is 0 Å². The molecule has 0 aliphatic rings.